The number of hydrogen-bond acceptors (Lipinski definition) is 4. The van der Waals surface area contributed by atoms with Crippen molar-refractivity contribution >= 4 is 16.5 Å². The van der Waals surface area contributed by atoms with Crippen LogP contribution >= 0.6 is 11.3 Å². The van der Waals surface area contributed by atoms with Crippen molar-refractivity contribution in [3.05, 3.63) is 11.1 Å². The minimum absolute atomic E-state index is 0.521. The molecule has 1 heterocycles. The Labute approximate surface area is 108 Å². The van der Waals surface area contributed by atoms with Crippen molar-refractivity contribution in [2.75, 3.05) is 18.5 Å². The summed E-state index contributed by atoms with van der Waals surface area (Å²) in [6.07, 6.45) is 4.22. The highest BCUT2D eigenvalue weighted by Gasteiger charge is 2.20. The zero-order valence-electron chi connectivity index (χ0n) is 11.1. The summed E-state index contributed by atoms with van der Waals surface area (Å²) >= 11 is 1.76. The molecule has 0 bridgehead atoms. The molecule has 1 aromatic rings. The lowest BCUT2D eigenvalue weighted by atomic mass is 9.85. The quantitative estimate of drug-likeness (QED) is 0.845. The van der Waals surface area contributed by atoms with Gasteiger partial charge in [0.15, 0.2) is 5.13 Å². The maximum absolute atomic E-state index is 4.68. The Morgan fingerprint density at radius 1 is 1.53 bits per heavy atom. The van der Waals surface area contributed by atoms with E-state index in [1.165, 1.54) is 31.5 Å². The number of thiazole rings is 1. The van der Waals surface area contributed by atoms with Crippen LogP contribution in [0.4, 0.5) is 5.13 Å². The normalized spacial score (nSPS) is 16.2. The first-order chi connectivity index (χ1) is 8.15. The third-order valence-electron chi connectivity index (χ3n) is 3.31. The van der Waals surface area contributed by atoms with Crippen LogP contribution in [0.2, 0.25) is 0 Å². The van der Waals surface area contributed by atoms with Crippen LogP contribution in [0.1, 0.15) is 38.8 Å². The molecule has 0 aliphatic heterocycles. The molecule has 2 rings (SSSR count). The maximum atomic E-state index is 4.68. The fourth-order valence-electron chi connectivity index (χ4n) is 2.00. The van der Waals surface area contributed by atoms with Crippen LogP contribution in [0.5, 0.6) is 0 Å². The van der Waals surface area contributed by atoms with Crippen LogP contribution in [0.3, 0.4) is 0 Å². The van der Waals surface area contributed by atoms with Crippen LogP contribution < -0.4 is 10.2 Å². The maximum Gasteiger partial charge on any atom is 0.185 e. The second-order valence-electron chi connectivity index (χ2n) is 5.33. The average molecular weight is 253 g/mol. The van der Waals surface area contributed by atoms with Crippen LogP contribution in [0, 0.1) is 5.92 Å². The van der Waals surface area contributed by atoms with E-state index in [9.17, 15) is 0 Å². The molecule has 96 valence electrons. The monoisotopic (exact) mass is 253 g/mol. The zero-order valence-corrected chi connectivity index (χ0v) is 11.9. The second-order valence-corrected chi connectivity index (χ2v) is 6.17. The van der Waals surface area contributed by atoms with Gasteiger partial charge in [0, 0.05) is 31.6 Å². The number of nitrogens with one attached hydrogen (secondary N) is 1. The fraction of sp³-hybridized carbons (Fsp3) is 0.769. The van der Waals surface area contributed by atoms with Crippen molar-refractivity contribution < 1.29 is 0 Å². The standard InChI is InChI=1S/C13H23N3S/c1-10(2)14-7-12-9-17-13(15-12)16(3)8-11-5-4-6-11/h9-11,14H,4-8H2,1-3H3. The molecule has 0 unspecified atom stereocenters. The van der Waals surface area contributed by atoms with Crippen molar-refractivity contribution in [2.45, 2.75) is 45.7 Å². The highest BCUT2D eigenvalue weighted by atomic mass is 32.1. The molecule has 1 saturated carbocycles. The summed E-state index contributed by atoms with van der Waals surface area (Å²) in [5, 5.41) is 6.74. The molecule has 1 fully saturated rings. The molecule has 1 N–H and O–H groups in total. The van der Waals surface area contributed by atoms with E-state index < -0.39 is 0 Å². The van der Waals surface area contributed by atoms with Crippen molar-refractivity contribution in [3.8, 4) is 0 Å². The summed E-state index contributed by atoms with van der Waals surface area (Å²) in [6.45, 7) is 6.38. The highest BCUT2D eigenvalue weighted by molar-refractivity contribution is 7.13. The van der Waals surface area contributed by atoms with Crippen LogP contribution in [0.15, 0.2) is 5.38 Å². The van der Waals surface area contributed by atoms with Gasteiger partial charge in [-0.25, -0.2) is 4.98 Å². The van der Waals surface area contributed by atoms with Gasteiger partial charge in [0.05, 0.1) is 5.69 Å². The molecule has 1 aromatic heterocycles. The van der Waals surface area contributed by atoms with Gasteiger partial charge in [0.25, 0.3) is 0 Å². The molecule has 4 heteroatoms. The third kappa shape index (κ3) is 3.68. The molecular formula is C13H23N3S. The van der Waals surface area contributed by atoms with E-state index in [0.29, 0.717) is 6.04 Å². The van der Waals surface area contributed by atoms with Crippen molar-refractivity contribution in [1.29, 1.82) is 0 Å². The van der Waals surface area contributed by atoms with Gasteiger partial charge in [-0.15, -0.1) is 11.3 Å². The summed E-state index contributed by atoms with van der Waals surface area (Å²) in [6, 6.07) is 0.521. The molecular weight excluding hydrogens is 230 g/mol. The lowest BCUT2D eigenvalue weighted by molar-refractivity contribution is 0.321. The molecule has 3 nitrogen and oxygen atoms in total. The highest BCUT2D eigenvalue weighted by Crippen LogP contribution is 2.29. The molecule has 0 aromatic carbocycles. The second kappa shape index (κ2) is 5.83. The van der Waals surface area contributed by atoms with Gasteiger partial charge in [-0.3, -0.25) is 0 Å². The number of rotatable bonds is 6. The van der Waals surface area contributed by atoms with Gasteiger partial charge in [-0.1, -0.05) is 20.3 Å². The van der Waals surface area contributed by atoms with E-state index in [2.05, 4.69) is 41.5 Å². The summed E-state index contributed by atoms with van der Waals surface area (Å²) in [7, 11) is 2.16. The molecule has 1 aliphatic rings. The smallest absolute Gasteiger partial charge is 0.185 e. The Kier molecular flexibility index (Phi) is 4.40. The first-order valence-corrected chi connectivity index (χ1v) is 7.42. The van der Waals surface area contributed by atoms with Crippen LogP contribution in [0.25, 0.3) is 0 Å². The van der Waals surface area contributed by atoms with Crippen LogP contribution in [-0.4, -0.2) is 24.6 Å². The summed E-state index contributed by atoms with van der Waals surface area (Å²) in [5.41, 5.74) is 1.17. The zero-order chi connectivity index (χ0) is 12.3. The molecule has 17 heavy (non-hydrogen) atoms. The number of hydrogen-bond donors (Lipinski definition) is 1. The van der Waals surface area contributed by atoms with Gasteiger partial charge in [0.1, 0.15) is 0 Å². The minimum atomic E-state index is 0.521. The van der Waals surface area contributed by atoms with E-state index in [1.54, 1.807) is 11.3 Å². The predicted molar refractivity (Wildman–Crippen MR) is 74.7 cm³/mol. The van der Waals surface area contributed by atoms with E-state index >= 15 is 0 Å². The lowest BCUT2D eigenvalue weighted by Crippen LogP contribution is -2.29. The number of anilines is 1. The van der Waals surface area contributed by atoms with E-state index in [4.69, 9.17) is 0 Å². The number of nitrogens with zero attached hydrogens (tertiary/aromatic N) is 2. The summed E-state index contributed by atoms with van der Waals surface area (Å²) in [4.78, 5) is 6.99. The van der Waals surface area contributed by atoms with Crippen molar-refractivity contribution in [3.63, 3.8) is 0 Å². The Morgan fingerprint density at radius 3 is 2.88 bits per heavy atom. The Bertz CT molecular complexity index is 344. The minimum Gasteiger partial charge on any atom is -0.351 e. The van der Waals surface area contributed by atoms with E-state index in [0.717, 1.165) is 17.6 Å². The molecule has 0 spiro atoms. The Balaban J connectivity index is 1.83. The molecule has 0 atom stereocenters. The van der Waals surface area contributed by atoms with Gasteiger partial charge in [-0.05, 0) is 18.8 Å². The van der Waals surface area contributed by atoms with Gasteiger partial charge in [-0.2, -0.15) is 0 Å². The average Bonchev–Trinajstić information content (AvgIpc) is 2.69. The third-order valence-corrected chi connectivity index (χ3v) is 4.32. The van der Waals surface area contributed by atoms with Gasteiger partial charge < -0.3 is 10.2 Å². The predicted octanol–water partition coefficient (Wildman–Crippen LogP) is 2.88. The summed E-state index contributed by atoms with van der Waals surface area (Å²) in [5.74, 6) is 0.904. The van der Waals surface area contributed by atoms with Crippen molar-refractivity contribution in [2.24, 2.45) is 5.92 Å². The Morgan fingerprint density at radius 2 is 2.29 bits per heavy atom. The molecule has 0 saturated heterocycles. The van der Waals surface area contributed by atoms with Crippen molar-refractivity contribution in [1.82, 2.24) is 10.3 Å². The summed E-state index contributed by atoms with van der Waals surface area (Å²) < 4.78 is 0. The van der Waals surface area contributed by atoms with Gasteiger partial charge >= 0.3 is 0 Å². The first-order valence-electron chi connectivity index (χ1n) is 6.54. The van der Waals surface area contributed by atoms with E-state index in [1.807, 2.05) is 0 Å². The Hall–Kier alpha value is -0.610. The molecule has 1 aliphatic carbocycles. The van der Waals surface area contributed by atoms with E-state index in [-0.39, 0.29) is 0 Å². The topological polar surface area (TPSA) is 28.2 Å². The molecule has 0 radical (unpaired) electrons. The first kappa shape index (κ1) is 12.8. The van der Waals surface area contributed by atoms with Crippen LogP contribution in [-0.2, 0) is 6.54 Å². The lowest BCUT2D eigenvalue weighted by Gasteiger charge is -2.29. The largest absolute Gasteiger partial charge is 0.351 e. The molecule has 0 amide bonds. The fourth-order valence-corrected chi connectivity index (χ4v) is 2.80. The SMILES string of the molecule is CC(C)NCc1csc(N(C)CC2CCC2)n1. The van der Waals surface area contributed by atoms with Gasteiger partial charge in [0.2, 0.25) is 0 Å². The number of aromatic nitrogens is 1.